The standard InChI is InChI=1S/C21H20FN3O2/c22-18-7-3-2-6-17(18)20(27)25-21(9-4-1-5-10-21)11-8-15-12-16(19(23)26)14-24-13-15/h2-3,6-7,12-14H,1,4-5,9-10H2,(H2,23,26)(H,25,27). The minimum atomic E-state index is -0.736. The number of nitrogens with two attached hydrogens (primary N) is 1. The van der Waals surface area contributed by atoms with E-state index in [0.29, 0.717) is 18.4 Å². The maximum absolute atomic E-state index is 13.9. The van der Waals surface area contributed by atoms with Crippen molar-refractivity contribution in [2.45, 2.75) is 37.6 Å². The van der Waals surface area contributed by atoms with Gasteiger partial charge in [0.25, 0.3) is 5.91 Å². The molecule has 2 amide bonds. The van der Waals surface area contributed by atoms with Crippen LogP contribution in [-0.2, 0) is 0 Å². The summed E-state index contributed by atoms with van der Waals surface area (Å²) in [7, 11) is 0. The van der Waals surface area contributed by atoms with Crippen molar-refractivity contribution < 1.29 is 14.0 Å². The normalized spacial score (nSPS) is 15.3. The van der Waals surface area contributed by atoms with Gasteiger partial charge in [-0.25, -0.2) is 4.39 Å². The van der Waals surface area contributed by atoms with Crippen molar-refractivity contribution in [1.29, 1.82) is 0 Å². The maximum atomic E-state index is 13.9. The summed E-state index contributed by atoms with van der Waals surface area (Å²) >= 11 is 0. The average molecular weight is 365 g/mol. The predicted octanol–water partition coefficient (Wildman–Crippen LogP) is 2.80. The Bertz CT molecular complexity index is 924. The molecule has 1 aliphatic rings. The quantitative estimate of drug-likeness (QED) is 0.820. The number of nitrogens with zero attached hydrogens (tertiary/aromatic N) is 1. The molecule has 1 saturated carbocycles. The molecule has 0 unspecified atom stereocenters. The highest BCUT2D eigenvalue weighted by Gasteiger charge is 2.32. The average Bonchev–Trinajstić information content (AvgIpc) is 2.68. The molecule has 0 atom stereocenters. The molecule has 0 spiro atoms. The molecule has 138 valence electrons. The highest BCUT2D eigenvalue weighted by atomic mass is 19.1. The molecule has 2 aromatic rings. The third-order valence-electron chi connectivity index (χ3n) is 4.65. The second-order valence-electron chi connectivity index (χ2n) is 6.65. The van der Waals surface area contributed by atoms with Crippen molar-refractivity contribution in [2.75, 3.05) is 0 Å². The minimum Gasteiger partial charge on any atom is -0.366 e. The van der Waals surface area contributed by atoms with Crippen molar-refractivity contribution in [1.82, 2.24) is 10.3 Å². The fourth-order valence-corrected chi connectivity index (χ4v) is 3.20. The summed E-state index contributed by atoms with van der Waals surface area (Å²) in [6, 6.07) is 7.45. The Kier molecular flexibility index (Phi) is 5.51. The molecule has 1 heterocycles. The van der Waals surface area contributed by atoms with E-state index in [4.69, 9.17) is 5.73 Å². The van der Waals surface area contributed by atoms with Gasteiger partial charge in [-0.05, 0) is 31.0 Å². The van der Waals surface area contributed by atoms with Gasteiger partial charge in [-0.15, -0.1) is 0 Å². The Morgan fingerprint density at radius 2 is 1.89 bits per heavy atom. The second-order valence-corrected chi connectivity index (χ2v) is 6.65. The van der Waals surface area contributed by atoms with Crippen LogP contribution in [0.2, 0.25) is 0 Å². The van der Waals surface area contributed by atoms with E-state index in [2.05, 4.69) is 22.1 Å². The smallest absolute Gasteiger partial charge is 0.255 e. The molecule has 1 aromatic heterocycles. The van der Waals surface area contributed by atoms with Crippen LogP contribution in [0, 0.1) is 17.7 Å². The number of halogens is 1. The highest BCUT2D eigenvalue weighted by molar-refractivity contribution is 5.95. The molecule has 0 bridgehead atoms. The molecular weight excluding hydrogens is 345 g/mol. The van der Waals surface area contributed by atoms with Gasteiger partial charge in [0.15, 0.2) is 0 Å². The first kappa shape index (κ1) is 18.6. The molecule has 1 fully saturated rings. The number of hydrogen-bond acceptors (Lipinski definition) is 3. The number of benzene rings is 1. The van der Waals surface area contributed by atoms with Gasteiger partial charge in [-0.2, -0.15) is 0 Å². The van der Waals surface area contributed by atoms with E-state index in [1.165, 1.54) is 24.5 Å². The van der Waals surface area contributed by atoms with Gasteiger partial charge in [0.1, 0.15) is 11.4 Å². The zero-order valence-corrected chi connectivity index (χ0v) is 14.8. The Balaban J connectivity index is 1.88. The first-order chi connectivity index (χ1) is 13.0. The minimum absolute atomic E-state index is 0.00152. The van der Waals surface area contributed by atoms with E-state index in [0.717, 1.165) is 19.3 Å². The van der Waals surface area contributed by atoms with Crippen LogP contribution in [0.15, 0.2) is 42.7 Å². The summed E-state index contributed by atoms with van der Waals surface area (Å²) in [6.07, 6.45) is 7.19. The monoisotopic (exact) mass is 365 g/mol. The Labute approximate surface area is 157 Å². The Morgan fingerprint density at radius 3 is 2.59 bits per heavy atom. The van der Waals surface area contributed by atoms with Crippen molar-refractivity contribution in [3.8, 4) is 11.8 Å². The lowest BCUT2D eigenvalue weighted by atomic mass is 9.81. The first-order valence-electron chi connectivity index (χ1n) is 8.84. The lowest BCUT2D eigenvalue weighted by Gasteiger charge is -2.33. The molecule has 0 saturated heterocycles. The van der Waals surface area contributed by atoms with E-state index in [9.17, 15) is 14.0 Å². The van der Waals surface area contributed by atoms with Crippen LogP contribution in [0.25, 0.3) is 0 Å². The summed E-state index contributed by atoms with van der Waals surface area (Å²) in [5.74, 6) is 4.52. The van der Waals surface area contributed by atoms with E-state index in [1.807, 2.05) is 0 Å². The molecule has 0 aliphatic heterocycles. The van der Waals surface area contributed by atoms with Crippen LogP contribution in [0.4, 0.5) is 4.39 Å². The summed E-state index contributed by atoms with van der Waals surface area (Å²) < 4.78 is 13.9. The number of carbonyl (C=O) groups excluding carboxylic acids is 2. The van der Waals surface area contributed by atoms with Crippen LogP contribution >= 0.6 is 0 Å². The van der Waals surface area contributed by atoms with Crippen LogP contribution in [0.1, 0.15) is 58.4 Å². The Morgan fingerprint density at radius 1 is 1.15 bits per heavy atom. The number of pyridine rings is 1. The van der Waals surface area contributed by atoms with Gasteiger partial charge in [0.2, 0.25) is 5.91 Å². The number of carbonyl (C=O) groups is 2. The molecule has 6 heteroatoms. The Hall–Kier alpha value is -3.20. The fraction of sp³-hybridized carbons (Fsp3) is 0.286. The molecule has 1 aromatic carbocycles. The number of rotatable bonds is 3. The van der Waals surface area contributed by atoms with E-state index in [-0.39, 0.29) is 11.1 Å². The van der Waals surface area contributed by atoms with Gasteiger partial charge in [0.05, 0.1) is 11.1 Å². The predicted molar refractivity (Wildman–Crippen MR) is 99.3 cm³/mol. The van der Waals surface area contributed by atoms with Gasteiger partial charge < -0.3 is 11.1 Å². The molecule has 3 N–H and O–H groups in total. The van der Waals surface area contributed by atoms with Gasteiger partial charge in [-0.3, -0.25) is 14.6 Å². The number of amides is 2. The largest absolute Gasteiger partial charge is 0.366 e. The summed E-state index contributed by atoms with van der Waals surface area (Å²) in [4.78, 5) is 27.9. The van der Waals surface area contributed by atoms with E-state index in [1.54, 1.807) is 18.2 Å². The fourth-order valence-electron chi connectivity index (χ4n) is 3.20. The van der Waals surface area contributed by atoms with E-state index < -0.39 is 23.2 Å². The molecule has 1 aliphatic carbocycles. The van der Waals surface area contributed by atoms with Crippen molar-refractivity contribution in [2.24, 2.45) is 5.73 Å². The molecular formula is C21H20FN3O2. The van der Waals surface area contributed by atoms with Crippen LogP contribution in [0.5, 0.6) is 0 Å². The molecule has 3 rings (SSSR count). The van der Waals surface area contributed by atoms with Crippen molar-refractivity contribution >= 4 is 11.8 Å². The number of aromatic nitrogens is 1. The van der Waals surface area contributed by atoms with Gasteiger partial charge in [0, 0.05) is 18.0 Å². The molecule has 5 nitrogen and oxygen atoms in total. The van der Waals surface area contributed by atoms with Crippen molar-refractivity contribution in [3.63, 3.8) is 0 Å². The van der Waals surface area contributed by atoms with Gasteiger partial charge >= 0.3 is 0 Å². The van der Waals surface area contributed by atoms with Gasteiger partial charge in [-0.1, -0.05) is 43.2 Å². The zero-order chi connectivity index (χ0) is 19.3. The van der Waals surface area contributed by atoms with Crippen molar-refractivity contribution in [3.05, 3.63) is 65.2 Å². The molecule has 27 heavy (non-hydrogen) atoms. The number of nitrogens with one attached hydrogen (secondary N) is 1. The zero-order valence-electron chi connectivity index (χ0n) is 14.8. The topological polar surface area (TPSA) is 85.1 Å². The second kappa shape index (κ2) is 8.00. The highest BCUT2D eigenvalue weighted by Crippen LogP contribution is 2.28. The molecule has 0 radical (unpaired) electrons. The summed E-state index contributed by atoms with van der Waals surface area (Å²) in [5, 5.41) is 2.93. The SMILES string of the molecule is NC(=O)c1cncc(C#CC2(NC(=O)c3ccccc3F)CCCCC2)c1. The van der Waals surface area contributed by atoms with Crippen LogP contribution in [-0.4, -0.2) is 22.3 Å². The third-order valence-corrected chi connectivity index (χ3v) is 4.65. The maximum Gasteiger partial charge on any atom is 0.255 e. The number of hydrogen-bond donors (Lipinski definition) is 2. The lowest BCUT2D eigenvalue weighted by molar-refractivity contribution is 0.0899. The third kappa shape index (κ3) is 4.50. The van der Waals surface area contributed by atoms with Crippen LogP contribution < -0.4 is 11.1 Å². The lowest BCUT2D eigenvalue weighted by Crippen LogP contribution is -2.49. The summed E-state index contributed by atoms with van der Waals surface area (Å²) in [6.45, 7) is 0. The first-order valence-corrected chi connectivity index (χ1v) is 8.84. The van der Waals surface area contributed by atoms with Crippen LogP contribution in [0.3, 0.4) is 0 Å². The summed E-state index contributed by atoms with van der Waals surface area (Å²) in [5.41, 5.74) is 5.35. The number of primary amides is 1. The van der Waals surface area contributed by atoms with E-state index >= 15 is 0 Å².